The van der Waals surface area contributed by atoms with Gasteiger partial charge in [-0.05, 0) is 55.2 Å². The Labute approximate surface area is 173 Å². The number of hydrogen-bond acceptors (Lipinski definition) is 4. The smallest absolute Gasteiger partial charge is 0.257 e. The van der Waals surface area contributed by atoms with Gasteiger partial charge in [0.2, 0.25) is 0 Å². The number of carbonyl (C=O) groups excluding carboxylic acids is 1. The van der Waals surface area contributed by atoms with Gasteiger partial charge in [0.15, 0.2) is 0 Å². The molecule has 5 heteroatoms. The first kappa shape index (κ1) is 19.6. The Kier molecular flexibility index (Phi) is 5.93. The van der Waals surface area contributed by atoms with E-state index in [-0.39, 0.29) is 5.91 Å². The van der Waals surface area contributed by atoms with Crippen molar-refractivity contribution in [1.29, 1.82) is 0 Å². The molecule has 2 fully saturated rings. The second kappa shape index (κ2) is 8.76. The van der Waals surface area contributed by atoms with E-state index in [1.165, 1.54) is 24.2 Å². The monoisotopic (exact) mass is 393 g/mol. The number of piperazine rings is 1. The lowest BCUT2D eigenvalue weighted by Gasteiger charge is -2.37. The highest BCUT2D eigenvalue weighted by Gasteiger charge is 2.24. The van der Waals surface area contributed by atoms with Crippen molar-refractivity contribution in [3.8, 4) is 5.75 Å². The maximum absolute atomic E-state index is 12.9. The lowest BCUT2D eigenvalue weighted by molar-refractivity contribution is 0.0743. The van der Waals surface area contributed by atoms with Gasteiger partial charge in [0.1, 0.15) is 5.75 Å². The van der Waals surface area contributed by atoms with E-state index >= 15 is 0 Å². The largest absolute Gasteiger partial charge is 0.496 e. The van der Waals surface area contributed by atoms with E-state index in [1.54, 1.807) is 7.11 Å². The second-order valence-corrected chi connectivity index (χ2v) is 8.17. The summed E-state index contributed by atoms with van der Waals surface area (Å²) in [7, 11) is 1.61. The van der Waals surface area contributed by atoms with E-state index in [2.05, 4.69) is 41.0 Å². The number of ether oxygens (including phenoxy) is 1. The zero-order chi connectivity index (χ0) is 20.2. The number of hydrogen-bond donors (Lipinski definition) is 0. The van der Waals surface area contributed by atoms with Crippen LogP contribution in [-0.4, -0.2) is 57.2 Å². The fourth-order valence-corrected chi connectivity index (χ4v) is 4.30. The van der Waals surface area contributed by atoms with Crippen LogP contribution < -0.4 is 14.5 Å². The number of amides is 1. The van der Waals surface area contributed by atoms with Gasteiger partial charge >= 0.3 is 0 Å². The third-order valence-electron chi connectivity index (χ3n) is 6.27. The normalized spacial score (nSPS) is 18.1. The Bertz CT molecular complexity index is 820. The van der Waals surface area contributed by atoms with E-state index in [1.807, 2.05) is 29.2 Å². The number of carbonyl (C=O) groups is 1. The number of para-hydroxylation sites is 1. The Hall–Kier alpha value is -2.69. The summed E-state index contributed by atoms with van der Waals surface area (Å²) >= 11 is 0. The lowest BCUT2D eigenvalue weighted by Crippen LogP contribution is -2.48. The molecule has 0 aromatic heterocycles. The summed E-state index contributed by atoms with van der Waals surface area (Å²) in [5.74, 6) is 1.54. The van der Waals surface area contributed by atoms with E-state index in [0.29, 0.717) is 11.3 Å². The highest BCUT2D eigenvalue weighted by atomic mass is 16.5. The van der Waals surface area contributed by atoms with Gasteiger partial charge in [0, 0.05) is 50.6 Å². The summed E-state index contributed by atoms with van der Waals surface area (Å²) in [4.78, 5) is 19.7. The molecule has 2 aliphatic heterocycles. The SMILES string of the molecule is COc1ccccc1C(=O)N1CCN(c2ccc(N3CCC(C)CC3)cc2)CC1. The molecule has 0 atom stereocenters. The van der Waals surface area contributed by atoms with Crippen LogP contribution in [0, 0.1) is 5.92 Å². The second-order valence-electron chi connectivity index (χ2n) is 8.17. The van der Waals surface area contributed by atoms with Crippen LogP contribution in [0.2, 0.25) is 0 Å². The van der Waals surface area contributed by atoms with Crippen LogP contribution >= 0.6 is 0 Å². The van der Waals surface area contributed by atoms with Gasteiger partial charge in [0.25, 0.3) is 5.91 Å². The first-order chi connectivity index (χ1) is 14.2. The predicted molar refractivity (Wildman–Crippen MR) is 118 cm³/mol. The van der Waals surface area contributed by atoms with Crippen LogP contribution in [0.25, 0.3) is 0 Å². The minimum absolute atomic E-state index is 0.0526. The number of methoxy groups -OCH3 is 1. The molecule has 0 saturated carbocycles. The summed E-state index contributed by atoms with van der Waals surface area (Å²) in [6.07, 6.45) is 2.56. The van der Waals surface area contributed by atoms with Gasteiger partial charge in [-0.15, -0.1) is 0 Å². The van der Waals surface area contributed by atoms with Crippen molar-refractivity contribution in [1.82, 2.24) is 4.90 Å². The first-order valence-corrected chi connectivity index (χ1v) is 10.7. The zero-order valence-electron chi connectivity index (χ0n) is 17.5. The fraction of sp³-hybridized carbons (Fsp3) is 0.458. The molecular weight excluding hydrogens is 362 g/mol. The van der Waals surface area contributed by atoms with E-state index in [9.17, 15) is 4.79 Å². The standard InChI is InChI=1S/C24H31N3O2/c1-19-11-13-25(14-12-19)20-7-9-21(10-8-20)26-15-17-27(18-16-26)24(28)22-5-3-4-6-23(22)29-2/h3-10,19H,11-18H2,1-2H3. The molecule has 4 rings (SSSR count). The van der Waals surface area contributed by atoms with Crippen molar-refractivity contribution in [2.75, 3.05) is 56.2 Å². The van der Waals surface area contributed by atoms with Crippen LogP contribution in [0.4, 0.5) is 11.4 Å². The summed E-state index contributed by atoms with van der Waals surface area (Å²) < 4.78 is 5.35. The molecule has 2 aliphatic rings. The maximum atomic E-state index is 12.9. The molecule has 0 spiro atoms. The molecule has 0 aliphatic carbocycles. The Morgan fingerprint density at radius 1 is 0.828 bits per heavy atom. The Balaban J connectivity index is 1.35. The summed E-state index contributed by atoms with van der Waals surface area (Å²) in [5, 5.41) is 0. The third kappa shape index (κ3) is 4.34. The van der Waals surface area contributed by atoms with Gasteiger partial charge in [-0.25, -0.2) is 0 Å². The average molecular weight is 394 g/mol. The average Bonchev–Trinajstić information content (AvgIpc) is 2.79. The molecule has 0 radical (unpaired) electrons. The molecule has 154 valence electrons. The summed E-state index contributed by atoms with van der Waals surface area (Å²) in [6.45, 7) is 7.81. The minimum atomic E-state index is 0.0526. The topological polar surface area (TPSA) is 36.0 Å². The molecule has 2 aromatic rings. The molecule has 29 heavy (non-hydrogen) atoms. The molecule has 5 nitrogen and oxygen atoms in total. The fourth-order valence-electron chi connectivity index (χ4n) is 4.30. The summed E-state index contributed by atoms with van der Waals surface area (Å²) in [6, 6.07) is 16.4. The minimum Gasteiger partial charge on any atom is -0.496 e. The van der Waals surface area contributed by atoms with Gasteiger partial charge < -0.3 is 19.4 Å². The van der Waals surface area contributed by atoms with E-state index < -0.39 is 0 Å². The first-order valence-electron chi connectivity index (χ1n) is 10.7. The van der Waals surface area contributed by atoms with Crippen molar-refractivity contribution in [2.24, 2.45) is 5.92 Å². The zero-order valence-corrected chi connectivity index (χ0v) is 17.5. The number of anilines is 2. The Morgan fingerprint density at radius 2 is 1.38 bits per heavy atom. The third-order valence-corrected chi connectivity index (χ3v) is 6.27. The van der Waals surface area contributed by atoms with Gasteiger partial charge in [0.05, 0.1) is 12.7 Å². The van der Waals surface area contributed by atoms with Gasteiger partial charge in [-0.3, -0.25) is 4.79 Å². The highest BCUT2D eigenvalue weighted by molar-refractivity contribution is 5.97. The molecule has 2 aromatic carbocycles. The molecule has 0 N–H and O–H groups in total. The molecule has 0 unspecified atom stereocenters. The number of benzene rings is 2. The van der Waals surface area contributed by atoms with Crippen molar-refractivity contribution in [2.45, 2.75) is 19.8 Å². The maximum Gasteiger partial charge on any atom is 0.257 e. The van der Waals surface area contributed by atoms with Crippen molar-refractivity contribution >= 4 is 17.3 Å². The van der Waals surface area contributed by atoms with Crippen molar-refractivity contribution < 1.29 is 9.53 Å². The van der Waals surface area contributed by atoms with Crippen LogP contribution in [0.1, 0.15) is 30.1 Å². The molecule has 0 bridgehead atoms. The van der Waals surface area contributed by atoms with E-state index in [4.69, 9.17) is 4.74 Å². The van der Waals surface area contributed by atoms with Crippen LogP contribution in [0.3, 0.4) is 0 Å². The highest BCUT2D eigenvalue weighted by Crippen LogP contribution is 2.26. The predicted octanol–water partition coefficient (Wildman–Crippen LogP) is 3.89. The van der Waals surface area contributed by atoms with Gasteiger partial charge in [-0.1, -0.05) is 19.1 Å². The van der Waals surface area contributed by atoms with Crippen LogP contribution in [-0.2, 0) is 0 Å². The number of nitrogens with zero attached hydrogens (tertiary/aromatic N) is 3. The molecular formula is C24H31N3O2. The summed E-state index contributed by atoms with van der Waals surface area (Å²) in [5.41, 5.74) is 3.21. The molecule has 2 saturated heterocycles. The van der Waals surface area contributed by atoms with Crippen molar-refractivity contribution in [3.63, 3.8) is 0 Å². The number of piperidine rings is 1. The number of rotatable bonds is 4. The van der Waals surface area contributed by atoms with E-state index in [0.717, 1.165) is 45.2 Å². The van der Waals surface area contributed by atoms with Crippen LogP contribution in [0.15, 0.2) is 48.5 Å². The van der Waals surface area contributed by atoms with Crippen molar-refractivity contribution in [3.05, 3.63) is 54.1 Å². The molecule has 2 heterocycles. The Morgan fingerprint density at radius 3 is 1.97 bits per heavy atom. The van der Waals surface area contributed by atoms with Gasteiger partial charge in [-0.2, -0.15) is 0 Å². The molecule has 1 amide bonds. The lowest BCUT2D eigenvalue weighted by atomic mass is 9.99. The quantitative estimate of drug-likeness (QED) is 0.790. The van der Waals surface area contributed by atoms with Crippen LogP contribution in [0.5, 0.6) is 5.75 Å².